The van der Waals surface area contributed by atoms with E-state index in [1.54, 1.807) is 11.3 Å². The van der Waals surface area contributed by atoms with E-state index in [0.717, 1.165) is 27.7 Å². The van der Waals surface area contributed by atoms with Crippen molar-refractivity contribution in [3.05, 3.63) is 45.4 Å². The van der Waals surface area contributed by atoms with Crippen LogP contribution in [-0.4, -0.2) is 4.98 Å². The third-order valence-electron chi connectivity index (χ3n) is 2.65. The average Bonchev–Trinajstić information content (AvgIpc) is 2.63. The molecule has 1 aromatic heterocycles. The first kappa shape index (κ1) is 13.0. The molecule has 1 unspecified atom stereocenters. The maximum Gasteiger partial charge on any atom is 0.160 e. The Morgan fingerprint density at radius 2 is 1.94 bits per heavy atom. The molecular formula is C13H14F2N2S. The van der Waals surface area contributed by atoms with Gasteiger partial charge in [0.05, 0.1) is 16.7 Å². The van der Waals surface area contributed by atoms with Crippen LogP contribution in [0.3, 0.4) is 0 Å². The summed E-state index contributed by atoms with van der Waals surface area (Å²) in [7, 11) is 0. The first-order valence-corrected chi connectivity index (χ1v) is 6.44. The van der Waals surface area contributed by atoms with E-state index in [0.29, 0.717) is 5.69 Å². The molecule has 2 rings (SSSR count). The fourth-order valence-electron chi connectivity index (χ4n) is 1.85. The van der Waals surface area contributed by atoms with Gasteiger partial charge in [0.2, 0.25) is 0 Å². The van der Waals surface area contributed by atoms with Crippen molar-refractivity contribution < 1.29 is 8.78 Å². The summed E-state index contributed by atoms with van der Waals surface area (Å²) in [6, 6.07) is 3.74. The van der Waals surface area contributed by atoms with Gasteiger partial charge in [0, 0.05) is 16.6 Å². The van der Waals surface area contributed by atoms with Crippen LogP contribution in [0.5, 0.6) is 0 Å². The molecular weight excluding hydrogens is 254 g/mol. The molecule has 0 radical (unpaired) electrons. The largest absolute Gasteiger partial charge is 0.377 e. The number of benzene rings is 1. The Balaban J connectivity index is 2.18. The van der Waals surface area contributed by atoms with Crippen LogP contribution in [0.4, 0.5) is 14.5 Å². The monoisotopic (exact) mass is 268 g/mol. The van der Waals surface area contributed by atoms with Gasteiger partial charge in [-0.3, -0.25) is 0 Å². The predicted molar refractivity (Wildman–Crippen MR) is 70.0 cm³/mol. The van der Waals surface area contributed by atoms with Gasteiger partial charge < -0.3 is 5.32 Å². The summed E-state index contributed by atoms with van der Waals surface area (Å²) in [6.07, 6.45) is 0. The first-order valence-electron chi connectivity index (χ1n) is 5.63. The molecule has 1 heterocycles. The lowest BCUT2D eigenvalue weighted by molar-refractivity contribution is 0.509. The van der Waals surface area contributed by atoms with E-state index in [9.17, 15) is 8.78 Å². The lowest BCUT2D eigenvalue weighted by Crippen LogP contribution is -2.08. The number of nitrogens with zero attached hydrogens (tertiary/aromatic N) is 1. The highest BCUT2D eigenvalue weighted by atomic mass is 32.1. The van der Waals surface area contributed by atoms with Gasteiger partial charge in [-0.15, -0.1) is 11.3 Å². The molecule has 1 N–H and O–H groups in total. The quantitative estimate of drug-likeness (QED) is 0.902. The topological polar surface area (TPSA) is 24.9 Å². The molecule has 0 bridgehead atoms. The number of thiazole rings is 1. The van der Waals surface area contributed by atoms with Crippen molar-refractivity contribution >= 4 is 17.0 Å². The van der Waals surface area contributed by atoms with Crippen LogP contribution in [0.1, 0.15) is 28.5 Å². The van der Waals surface area contributed by atoms with Crippen LogP contribution >= 0.6 is 11.3 Å². The smallest absolute Gasteiger partial charge is 0.160 e. The van der Waals surface area contributed by atoms with Gasteiger partial charge >= 0.3 is 0 Å². The molecule has 1 atom stereocenters. The van der Waals surface area contributed by atoms with Crippen LogP contribution < -0.4 is 5.32 Å². The van der Waals surface area contributed by atoms with Crippen molar-refractivity contribution in [3.63, 3.8) is 0 Å². The van der Waals surface area contributed by atoms with Crippen LogP contribution in [0.2, 0.25) is 0 Å². The van der Waals surface area contributed by atoms with Gasteiger partial charge in [0.25, 0.3) is 0 Å². The van der Waals surface area contributed by atoms with Crippen molar-refractivity contribution in [2.75, 3.05) is 5.32 Å². The number of nitrogens with one attached hydrogen (secondary N) is 1. The minimum atomic E-state index is -0.849. The fraction of sp³-hybridized carbons (Fsp3) is 0.308. The highest BCUT2D eigenvalue weighted by Crippen LogP contribution is 2.26. The summed E-state index contributed by atoms with van der Waals surface area (Å²) in [5, 5.41) is 4.12. The van der Waals surface area contributed by atoms with E-state index in [2.05, 4.69) is 10.3 Å². The Hall–Kier alpha value is -1.49. The third kappa shape index (κ3) is 2.67. The summed E-state index contributed by atoms with van der Waals surface area (Å²) in [4.78, 5) is 5.57. The molecule has 0 aliphatic carbocycles. The lowest BCUT2D eigenvalue weighted by Gasteiger charge is -2.14. The summed E-state index contributed by atoms with van der Waals surface area (Å²) < 4.78 is 25.9. The number of halogens is 2. The first-order chi connectivity index (χ1) is 8.47. The Bertz CT molecular complexity index is 566. The molecule has 5 heteroatoms. The molecule has 0 fully saturated rings. The van der Waals surface area contributed by atoms with E-state index < -0.39 is 11.6 Å². The zero-order chi connectivity index (χ0) is 13.3. The summed E-state index contributed by atoms with van der Waals surface area (Å²) in [5.74, 6) is -1.69. The summed E-state index contributed by atoms with van der Waals surface area (Å²) in [6.45, 7) is 5.90. The zero-order valence-corrected chi connectivity index (χ0v) is 11.2. The Morgan fingerprint density at radius 1 is 1.22 bits per heavy atom. The second-order valence-electron chi connectivity index (χ2n) is 4.17. The maximum absolute atomic E-state index is 13.1. The normalized spacial score (nSPS) is 12.5. The second kappa shape index (κ2) is 5.02. The van der Waals surface area contributed by atoms with Crippen molar-refractivity contribution in [2.24, 2.45) is 0 Å². The van der Waals surface area contributed by atoms with E-state index in [1.807, 2.05) is 20.8 Å². The molecule has 18 heavy (non-hydrogen) atoms. The highest BCUT2D eigenvalue weighted by Gasteiger charge is 2.13. The molecule has 0 spiro atoms. The molecule has 96 valence electrons. The summed E-state index contributed by atoms with van der Waals surface area (Å²) >= 11 is 1.63. The molecule has 1 aromatic carbocycles. The standard InChI is InChI=1S/C13H14F2N2S/c1-7(13-8(2)18-9(3)17-13)16-10-4-5-11(14)12(15)6-10/h4-7,16H,1-3H3. The number of aryl methyl sites for hydroxylation is 2. The van der Waals surface area contributed by atoms with Gasteiger partial charge in [0.15, 0.2) is 11.6 Å². The molecule has 0 saturated heterocycles. The fourth-order valence-corrected chi connectivity index (χ4v) is 2.77. The van der Waals surface area contributed by atoms with E-state index in [-0.39, 0.29) is 6.04 Å². The Morgan fingerprint density at radius 3 is 2.50 bits per heavy atom. The third-order valence-corrected chi connectivity index (χ3v) is 3.55. The van der Waals surface area contributed by atoms with Gasteiger partial charge in [-0.1, -0.05) is 0 Å². The van der Waals surface area contributed by atoms with E-state index in [4.69, 9.17) is 0 Å². The van der Waals surface area contributed by atoms with Crippen molar-refractivity contribution in [1.82, 2.24) is 4.98 Å². The van der Waals surface area contributed by atoms with Crippen LogP contribution in [0.15, 0.2) is 18.2 Å². The molecule has 0 saturated carbocycles. The molecule has 0 aliphatic heterocycles. The van der Waals surface area contributed by atoms with Crippen molar-refractivity contribution in [1.29, 1.82) is 0 Å². The van der Waals surface area contributed by atoms with Gasteiger partial charge in [0.1, 0.15) is 0 Å². The molecule has 0 aliphatic rings. The Kier molecular flexibility index (Phi) is 3.61. The SMILES string of the molecule is Cc1nc(C(C)Nc2ccc(F)c(F)c2)c(C)s1. The molecule has 2 aromatic rings. The maximum atomic E-state index is 13.1. The summed E-state index contributed by atoms with van der Waals surface area (Å²) in [5.41, 5.74) is 1.49. The predicted octanol–water partition coefficient (Wildman–Crippen LogP) is 4.21. The number of hydrogen-bond acceptors (Lipinski definition) is 3. The lowest BCUT2D eigenvalue weighted by atomic mass is 10.2. The average molecular weight is 268 g/mol. The zero-order valence-electron chi connectivity index (χ0n) is 10.4. The van der Waals surface area contributed by atoms with Crippen molar-refractivity contribution in [2.45, 2.75) is 26.8 Å². The second-order valence-corrected chi connectivity index (χ2v) is 5.58. The molecule has 0 amide bonds. The number of rotatable bonds is 3. The minimum absolute atomic E-state index is 0.0418. The van der Waals surface area contributed by atoms with Crippen LogP contribution in [0.25, 0.3) is 0 Å². The number of hydrogen-bond donors (Lipinski definition) is 1. The number of aromatic nitrogens is 1. The van der Waals surface area contributed by atoms with Gasteiger partial charge in [-0.25, -0.2) is 13.8 Å². The van der Waals surface area contributed by atoms with Gasteiger partial charge in [-0.05, 0) is 32.9 Å². The van der Waals surface area contributed by atoms with Crippen molar-refractivity contribution in [3.8, 4) is 0 Å². The number of anilines is 1. The molecule has 2 nitrogen and oxygen atoms in total. The minimum Gasteiger partial charge on any atom is -0.377 e. The van der Waals surface area contributed by atoms with E-state index in [1.165, 1.54) is 6.07 Å². The Labute approximate surface area is 109 Å². The van der Waals surface area contributed by atoms with Crippen LogP contribution in [-0.2, 0) is 0 Å². The highest BCUT2D eigenvalue weighted by molar-refractivity contribution is 7.11. The van der Waals surface area contributed by atoms with Gasteiger partial charge in [-0.2, -0.15) is 0 Å². The van der Waals surface area contributed by atoms with Crippen LogP contribution in [0, 0.1) is 25.5 Å². The van der Waals surface area contributed by atoms with E-state index >= 15 is 0 Å².